The highest BCUT2D eigenvalue weighted by molar-refractivity contribution is 6.11. The van der Waals surface area contributed by atoms with E-state index in [9.17, 15) is 44.3 Å². The standard InChI is InChI=1S/C44H54N8O12/c1-26(54)48-39-41(40(57)34(23-53)64-44(39)63-24-27-11-3-2-4-12-27)62-25-36(56)51-22-10-17-33(51)43(59)50-31(42(45)58)18-19-35(55)46-20-7-8-21-47-38-28-13-5-6-14-29(28)49-30-15-9-16-32(37(30)38)52(60)61/h2-6,9,11-16,31,33-34,39-41,44,53,57H,7-8,10,17-25H2,1H3,(H2,45,58)(H,46,55)(H,47,49)(H,48,54)(H,50,59)/t31-,33?,34?,39?,40?,41?,44?/m0/s1. The van der Waals surface area contributed by atoms with Gasteiger partial charge in [-0.1, -0.05) is 54.6 Å². The zero-order valence-electron chi connectivity index (χ0n) is 35.4. The number of carbonyl (C=O) groups is 5. The minimum atomic E-state index is -1.47. The van der Waals surface area contributed by atoms with Gasteiger partial charge in [-0.15, -0.1) is 0 Å². The number of pyridine rings is 1. The van der Waals surface area contributed by atoms with Crippen LogP contribution in [0.5, 0.6) is 0 Å². The number of fused-ring (bicyclic) bond motifs is 2. The fraction of sp³-hybridized carbons (Fsp3) is 0.455. The number of unbranched alkanes of at least 4 members (excludes halogenated alkanes) is 1. The summed E-state index contributed by atoms with van der Waals surface area (Å²) in [5.74, 6) is -2.95. The minimum absolute atomic E-state index is 0.0563. The number of hydrogen-bond acceptors (Lipinski definition) is 14. The van der Waals surface area contributed by atoms with E-state index in [-0.39, 0.29) is 44.0 Å². The summed E-state index contributed by atoms with van der Waals surface area (Å²) in [7, 11) is 0. The Morgan fingerprint density at radius 2 is 1.73 bits per heavy atom. The van der Waals surface area contributed by atoms with E-state index in [1.807, 2.05) is 54.6 Å². The van der Waals surface area contributed by atoms with Gasteiger partial charge in [-0.2, -0.15) is 0 Å². The van der Waals surface area contributed by atoms with E-state index in [4.69, 9.17) is 19.9 Å². The molecule has 7 atom stereocenters. The maximum Gasteiger partial charge on any atom is 0.280 e. The molecule has 4 aromatic rings. The number of anilines is 1. The number of aliphatic hydroxyl groups is 2. The average Bonchev–Trinajstić information content (AvgIpc) is 3.78. The van der Waals surface area contributed by atoms with E-state index in [1.54, 1.807) is 12.1 Å². The number of hydrogen-bond donors (Lipinski definition) is 7. The third-order valence-corrected chi connectivity index (χ3v) is 11.2. The molecule has 3 heterocycles. The van der Waals surface area contributed by atoms with Crippen molar-refractivity contribution in [2.75, 3.05) is 38.2 Å². The number of nitrogens with two attached hydrogens (primary N) is 1. The maximum atomic E-state index is 13.6. The van der Waals surface area contributed by atoms with Gasteiger partial charge in [0.1, 0.15) is 48.4 Å². The van der Waals surface area contributed by atoms with Crippen LogP contribution >= 0.6 is 0 Å². The van der Waals surface area contributed by atoms with Crippen molar-refractivity contribution >= 4 is 62.7 Å². The highest BCUT2D eigenvalue weighted by Crippen LogP contribution is 2.36. The molecule has 1 aromatic heterocycles. The van der Waals surface area contributed by atoms with Gasteiger partial charge in [0, 0.05) is 44.4 Å². The molecule has 20 heteroatoms. The Labute approximate surface area is 368 Å². The van der Waals surface area contributed by atoms with Crippen LogP contribution in [0.15, 0.2) is 72.8 Å². The zero-order valence-corrected chi connectivity index (χ0v) is 35.4. The molecule has 8 N–H and O–H groups in total. The predicted molar refractivity (Wildman–Crippen MR) is 232 cm³/mol. The molecule has 0 saturated carbocycles. The summed E-state index contributed by atoms with van der Waals surface area (Å²) in [6.45, 7) is 1.08. The van der Waals surface area contributed by atoms with Gasteiger partial charge in [0.05, 0.1) is 34.9 Å². The lowest BCUT2D eigenvalue weighted by Gasteiger charge is -2.44. The fourth-order valence-corrected chi connectivity index (χ4v) is 8.01. The van der Waals surface area contributed by atoms with Crippen LogP contribution in [0.25, 0.3) is 21.8 Å². The molecule has 0 radical (unpaired) electrons. The molecule has 5 amide bonds. The number of primary amides is 1. The number of benzene rings is 3. The molecule has 2 fully saturated rings. The number of nitrogens with zero attached hydrogens (tertiary/aromatic N) is 3. The van der Waals surface area contributed by atoms with Crippen LogP contribution in [-0.2, 0) is 44.8 Å². The van der Waals surface area contributed by atoms with Gasteiger partial charge in [0.2, 0.25) is 29.5 Å². The normalized spacial score (nSPS) is 21.3. The number of nitrogens with one attached hydrogen (secondary N) is 4. The predicted octanol–water partition coefficient (Wildman–Crippen LogP) is 1.53. The number of rotatable bonds is 21. The third kappa shape index (κ3) is 11.8. The first-order valence-corrected chi connectivity index (χ1v) is 21.2. The second kappa shape index (κ2) is 22.3. The largest absolute Gasteiger partial charge is 0.394 e. The number of carbonyl (C=O) groups excluding carboxylic acids is 5. The Balaban J connectivity index is 0.968. The van der Waals surface area contributed by atoms with Crippen molar-refractivity contribution in [3.8, 4) is 0 Å². The molecule has 6 unspecified atom stereocenters. The van der Waals surface area contributed by atoms with Crippen molar-refractivity contribution in [2.45, 2.75) is 94.8 Å². The van der Waals surface area contributed by atoms with Gasteiger partial charge in [0.15, 0.2) is 6.29 Å². The molecule has 2 aliphatic rings. The molecule has 2 saturated heterocycles. The number of non-ortho nitro benzene ring substituents is 1. The van der Waals surface area contributed by atoms with Crippen molar-refractivity contribution in [1.82, 2.24) is 25.8 Å². The molecule has 3 aromatic carbocycles. The first-order valence-electron chi connectivity index (χ1n) is 21.2. The summed E-state index contributed by atoms with van der Waals surface area (Å²) < 4.78 is 17.7. The molecule has 6 rings (SSSR count). The molecule has 0 aliphatic carbocycles. The lowest BCUT2D eigenvalue weighted by atomic mass is 9.96. The Hall–Kier alpha value is -6.32. The van der Waals surface area contributed by atoms with Crippen LogP contribution < -0.4 is 27.0 Å². The Morgan fingerprint density at radius 3 is 2.47 bits per heavy atom. The van der Waals surface area contributed by atoms with Crippen molar-refractivity contribution in [1.29, 1.82) is 0 Å². The fourth-order valence-electron chi connectivity index (χ4n) is 8.01. The second-order valence-electron chi connectivity index (χ2n) is 15.7. The maximum absolute atomic E-state index is 13.6. The van der Waals surface area contributed by atoms with Gasteiger partial charge in [0.25, 0.3) is 5.69 Å². The van der Waals surface area contributed by atoms with Crippen molar-refractivity contribution in [3.05, 3.63) is 88.5 Å². The highest BCUT2D eigenvalue weighted by atomic mass is 16.7. The Kier molecular flexibility index (Phi) is 16.5. The van der Waals surface area contributed by atoms with Gasteiger partial charge >= 0.3 is 0 Å². The number of amides is 5. The molecule has 342 valence electrons. The lowest BCUT2D eigenvalue weighted by Crippen LogP contribution is -2.65. The van der Waals surface area contributed by atoms with Crippen molar-refractivity contribution < 1.29 is 53.3 Å². The quantitative estimate of drug-likeness (QED) is 0.0271. The summed E-state index contributed by atoms with van der Waals surface area (Å²) >= 11 is 0. The topological polar surface area (TPSA) is 287 Å². The van der Waals surface area contributed by atoms with Gasteiger partial charge < -0.3 is 56.3 Å². The number of ether oxygens (including phenoxy) is 3. The van der Waals surface area contributed by atoms with E-state index in [0.29, 0.717) is 54.5 Å². The van der Waals surface area contributed by atoms with Crippen LogP contribution in [0, 0.1) is 10.1 Å². The minimum Gasteiger partial charge on any atom is -0.394 e. The number of aliphatic hydroxyl groups excluding tert-OH is 2. The molecule has 0 bridgehead atoms. The Bertz CT molecular complexity index is 2300. The molecule has 64 heavy (non-hydrogen) atoms. The third-order valence-electron chi connectivity index (χ3n) is 11.2. The average molecular weight is 887 g/mol. The van der Waals surface area contributed by atoms with Crippen LogP contribution in [0.3, 0.4) is 0 Å². The van der Waals surface area contributed by atoms with E-state index in [0.717, 1.165) is 10.9 Å². The van der Waals surface area contributed by atoms with Crippen molar-refractivity contribution in [3.63, 3.8) is 0 Å². The van der Waals surface area contributed by atoms with E-state index in [1.165, 1.54) is 17.9 Å². The lowest BCUT2D eigenvalue weighted by molar-refractivity contribution is -0.383. The summed E-state index contributed by atoms with van der Waals surface area (Å²) in [4.78, 5) is 81.8. The number of nitro benzene ring substituents is 1. The molecule has 0 spiro atoms. The van der Waals surface area contributed by atoms with E-state index < -0.39 is 84.5 Å². The Morgan fingerprint density at radius 1 is 1.00 bits per heavy atom. The molecule has 2 aliphatic heterocycles. The summed E-state index contributed by atoms with van der Waals surface area (Å²) in [6, 6.07) is 18.0. The first kappa shape index (κ1) is 47.2. The summed E-state index contributed by atoms with van der Waals surface area (Å²) in [5, 5.41) is 45.5. The van der Waals surface area contributed by atoms with Crippen LogP contribution in [0.2, 0.25) is 0 Å². The number of para-hydroxylation sites is 1. The van der Waals surface area contributed by atoms with Crippen LogP contribution in [-0.4, -0.2) is 130 Å². The van der Waals surface area contributed by atoms with Gasteiger partial charge in [-0.05, 0) is 49.8 Å². The number of aromatic nitrogens is 1. The molecular weight excluding hydrogens is 833 g/mol. The van der Waals surface area contributed by atoms with E-state index in [2.05, 4.69) is 26.3 Å². The van der Waals surface area contributed by atoms with Gasteiger partial charge in [-0.25, -0.2) is 4.98 Å². The number of nitro groups is 1. The molecular formula is C44H54N8O12. The van der Waals surface area contributed by atoms with Crippen LogP contribution in [0.4, 0.5) is 11.4 Å². The van der Waals surface area contributed by atoms with E-state index >= 15 is 0 Å². The van der Waals surface area contributed by atoms with Crippen molar-refractivity contribution in [2.24, 2.45) is 5.73 Å². The zero-order chi connectivity index (χ0) is 45.8. The highest BCUT2D eigenvalue weighted by Gasteiger charge is 2.47. The van der Waals surface area contributed by atoms with Gasteiger partial charge in [-0.3, -0.25) is 34.1 Å². The smallest absolute Gasteiger partial charge is 0.280 e. The summed E-state index contributed by atoms with van der Waals surface area (Å²) in [6.07, 6.45) is -3.35. The first-order chi connectivity index (χ1) is 30.9. The van der Waals surface area contributed by atoms with Crippen LogP contribution in [0.1, 0.15) is 51.0 Å². The monoisotopic (exact) mass is 886 g/mol. The second-order valence-corrected chi connectivity index (χ2v) is 15.7. The summed E-state index contributed by atoms with van der Waals surface area (Å²) in [5.41, 5.74) is 8.16. The SMILES string of the molecule is CC(=O)NC1C(OCc2ccccc2)OC(CO)C(O)C1OCC(=O)N1CCCC1C(=O)N[C@@H](CCC(=O)NCCCCNc1c2ccccc2nc2cccc([N+](=O)[O-])c12)C(N)=O. The number of likely N-dealkylation sites (tertiary alicyclic amines) is 1. The molecule has 20 nitrogen and oxygen atoms in total.